The third kappa shape index (κ3) is 4.16. The van der Waals surface area contributed by atoms with Crippen LogP contribution in [0.1, 0.15) is 21.5 Å². The van der Waals surface area contributed by atoms with Crippen LogP contribution in [0, 0.1) is 0 Å². The Morgan fingerprint density at radius 1 is 1.04 bits per heavy atom. The molecule has 0 aliphatic carbocycles. The van der Waals surface area contributed by atoms with E-state index in [4.69, 9.17) is 11.6 Å². The number of hydrogen-bond acceptors (Lipinski definition) is 3. The lowest BCUT2D eigenvalue weighted by Gasteiger charge is -2.06. The summed E-state index contributed by atoms with van der Waals surface area (Å²) in [5, 5.41) is 10.4. The number of aliphatic imine (C=N–C) groups is 1. The summed E-state index contributed by atoms with van der Waals surface area (Å²) in [6, 6.07) is 19.0. The number of carbonyl (C=O) groups excluding carboxylic acids is 1. The van der Waals surface area contributed by atoms with Crippen molar-refractivity contribution >= 4 is 45.2 Å². The zero-order valence-electron chi connectivity index (χ0n) is 13.0. The second kappa shape index (κ2) is 7.64. The molecule has 0 spiro atoms. The molecule has 0 amide bonds. The third-order valence-corrected chi connectivity index (χ3v) is 4.30. The van der Waals surface area contributed by atoms with Crippen LogP contribution in [0.3, 0.4) is 0 Å². The molecular formula is C20H13BrClNO2. The number of aromatic hydroxyl groups is 1. The number of phenols is 1. The highest BCUT2D eigenvalue weighted by molar-refractivity contribution is 9.10. The van der Waals surface area contributed by atoms with Crippen LogP contribution in [0.4, 0.5) is 5.69 Å². The Balaban J connectivity index is 2.01. The van der Waals surface area contributed by atoms with Gasteiger partial charge < -0.3 is 5.11 Å². The molecule has 0 aliphatic rings. The molecule has 0 fully saturated rings. The van der Waals surface area contributed by atoms with E-state index in [1.165, 1.54) is 12.3 Å². The maximum atomic E-state index is 12.8. The van der Waals surface area contributed by atoms with Crippen molar-refractivity contribution in [2.24, 2.45) is 4.99 Å². The van der Waals surface area contributed by atoms with Crippen LogP contribution in [-0.4, -0.2) is 17.1 Å². The Morgan fingerprint density at radius 3 is 2.56 bits per heavy atom. The summed E-state index contributed by atoms with van der Waals surface area (Å²) < 4.78 is 0.788. The molecule has 0 radical (unpaired) electrons. The predicted molar refractivity (Wildman–Crippen MR) is 104 cm³/mol. The number of benzene rings is 3. The number of carbonyl (C=O) groups is 1. The highest BCUT2D eigenvalue weighted by Crippen LogP contribution is 2.27. The molecular weight excluding hydrogens is 402 g/mol. The third-order valence-electron chi connectivity index (χ3n) is 3.57. The zero-order chi connectivity index (χ0) is 17.8. The maximum Gasteiger partial charge on any atom is 0.195 e. The number of hydrogen-bond donors (Lipinski definition) is 1. The van der Waals surface area contributed by atoms with Gasteiger partial charge in [-0.05, 0) is 36.4 Å². The molecule has 0 saturated heterocycles. The fourth-order valence-electron chi connectivity index (χ4n) is 2.32. The summed E-state index contributed by atoms with van der Waals surface area (Å²) in [5.41, 5.74) is 2.05. The van der Waals surface area contributed by atoms with E-state index in [-0.39, 0.29) is 11.5 Å². The van der Waals surface area contributed by atoms with Crippen LogP contribution < -0.4 is 0 Å². The minimum Gasteiger partial charge on any atom is -0.507 e. The van der Waals surface area contributed by atoms with Crippen molar-refractivity contribution in [2.45, 2.75) is 0 Å². The summed E-state index contributed by atoms with van der Waals surface area (Å²) in [6.07, 6.45) is 1.49. The molecule has 0 saturated carbocycles. The standard InChI is InChI=1S/C20H13BrClNO2/c21-15-6-8-18(23-12-14-10-16(22)7-9-19(14)24)17(11-15)20(25)13-4-2-1-3-5-13/h1-12,24H. The summed E-state index contributed by atoms with van der Waals surface area (Å²) in [6.45, 7) is 0. The second-order valence-electron chi connectivity index (χ2n) is 5.32. The summed E-state index contributed by atoms with van der Waals surface area (Å²) in [5.74, 6) is -0.0504. The first-order valence-corrected chi connectivity index (χ1v) is 8.63. The van der Waals surface area contributed by atoms with Gasteiger partial charge in [-0.25, -0.2) is 0 Å². The van der Waals surface area contributed by atoms with Crippen LogP contribution in [0.15, 0.2) is 76.2 Å². The molecule has 1 N–H and O–H groups in total. The number of rotatable bonds is 4. The Kier molecular flexibility index (Phi) is 5.31. The Morgan fingerprint density at radius 2 is 1.80 bits per heavy atom. The number of nitrogens with zero attached hydrogens (tertiary/aromatic N) is 1. The van der Waals surface area contributed by atoms with E-state index in [0.717, 1.165) is 4.47 Å². The first-order chi connectivity index (χ1) is 12.0. The Labute approximate surface area is 158 Å². The van der Waals surface area contributed by atoms with Crippen LogP contribution in [-0.2, 0) is 0 Å². The lowest BCUT2D eigenvalue weighted by Crippen LogP contribution is -2.01. The number of phenolic OH excluding ortho intramolecular Hbond substituents is 1. The normalized spacial score (nSPS) is 11.0. The molecule has 0 bridgehead atoms. The van der Waals surface area contributed by atoms with Crippen molar-refractivity contribution in [3.63, 3.8) is 0 Å². The largest absolute Gasteiger partial charge is 0.507 e. The lowest BCUT2D eigenvalue weighted by atomic mass is 10.0. The van der Waals surface area contributed by atoms with Gasteiger partial charge in [-0.15, -0.1) is 0 Å². The fourth-order valence-corrected chi connectivity index (χ4v) is 2.86. The number of ketones is 1. The monoisotopic (exact) mass is 413 g/mol. The molecule has 124 valence electrons. The predicted octanol–water partition coefficient (Wildman–Crippen LogP) is 5.79. The van der Waals surface area contributed by atoms with Gasteiger partial charge in [0.1, 0.15) is 5.75 Å². The average Bonchev–Trinajstić information content (AvgIpc) is 2.63. The van der Waals surface area contributed by atoms with Crippen LogP contribution in [0.5, 0.6) is 5.75 Å². The average molecular weight is 415 g/mol. The molecule has 25 heavy (non-hydrogen) atoms. The van der Waals surface area contributed by atoms with E-state index in [0.29, 0.717) is 27.4 Å². The molecule has 3 nitrogen and oxygen atoms in total. The van der Waals surface area contributed by atoms with Crippen molar-refractivity contribution < 1.29 is 9.90 Å². The first-order valence-electron chi connectivity index (χ1n) is 7.46. The molecule has 0 unspecified atom stereocenters. The smallest absolute Gasteiger partial charge is 0.195 e. The van der Waals surface area contributed by atoms with Gasteiger partial charge in [0.2, 0.25) is 0 Å². The van der Waals surface area contributed by atoms with E-state index >= 15 is 0 Å². The van der Waals surface area contributed by atoms with Gasteiger partial charge in [0.25, 0.3) is 0 Å². The van der Waals surface area contributed by atoms with E-state index < -0.39 is 0 Å². The minimum atomic E-state index is -0.121. The topological polar surface area (TPSA) is 49.7 Å². The van der Waals surface area contributed by atoms with Gasteiger partial charge in [-0.2, -0.15) is 0 Å². The Bertz CT molecular complexity index is 955. The highest BCUT2D eigenvalue weighted by Gasteiger charge is 2.13. The maximum absolute atomic E-state index is 12.8. The highest BCUT2D eigenvalue weighted by atomic mass is 79.9. The van der Waals surface area contributed by atoms with Crippen molar-refractivity contribution in [2.75, 3.05) is 0 Å². The summed E-state index contributed by atoms with van der Waals surface area (Å²) >= 11 is 9.34. The molecule has 3 aromatic rings. The minimum absolute atomic E-state index is 0.0706. The van der Waals surface area contributed by atoms with Crippen LogP contribution >= 0.6 is 27.5 Å². The van der Waals surface area contributed by atoms with Gasteiger partial charge in [0.15, 0.2) is 5.78 Å². The quantitative estimate of drug-likeness (QED) is 0.434. The van der Waals surface area contributed by atoms with Crippen molar-refractivity contribution in [1.29, 1.82) is 0 Å². The number of halogens is 2. The van der Waals surface area contributed by atoms with Crippen LogP contribution in [0.25, 0.3) is 0 Å². The van der Waals surface area contributed by atoms with Gasteiger partial charge in [0.05, 0.1) is 5.69 Å². The zero-order valence-corrected chi connectivity index (χ0v) is 15.3. The van der Waals surface area contributed by atoms with Crippen LogP contribution in [0.2, 0.25) is 5.02 Å². The van der Waals surface area contributed by atoms with Gasteiger partial charge >= 0.3 is 0 Å². The van der Waals surface area contributed by atoms with Crippen molar-refractivity contribution in [3.8, 4) is 5.75 Å². The molecule has 0 aliphatic heterocycles. The molecule has 0 atom stereocenters. The molecule has 3 aromatic carbocycles. The summed E-state index contributed by atoms with van der Waals surface area (Å²) in [7, 11) is 0. The first kappa shape index (κ1) is 17.4. The fraction of sp³-hybridized carbons (Fsp3) is 0. The van der Waals surface area contributed by atoms with E-state index in [9.17, 15) is 9.90 Å². The van der Waals surface area contributed by atoms with E-state index in [1.807, 2.05) is 24.3 Å². The summed E-state index contributed by atoms with van der Waals surface area (Å²) in [4.78, 5) is 17.2. The lowest BCUT2D eigenvalue weighted by molar-refractivity contribution is 0.103. The van der Waals surface area contributed by atoms with Crippen molar-refractivity contribution in [3.05, 3.63) is 92.9 Å². The van der Waals surface area contributed by atoms with Gasteiger partial charge in [-0.1, -0.05) is 57.9 Å². The van der Waals surface area contributed by atoms with Gasteiger partial charge in [-0.3, -0.25) is 9.79 Å². The molecule has 0 aromatic heterocycles. The molecule has 0 heterocycles. The van der Waals surface area contributed by atoms with E-state index in [1.54, 1.807) is 36.4 Å². The van der Waals surface area contributed by atoms with Crippen molar-refractivity contribution in [1.82, 2.24) is 0 Å². The Hall–Kier alpha value is -2.43. The second-order valence-corrected chi connectivity index (χ2v) is 6.67. The SMILES string of the molecule is O=C(c1ccccc1)c1cc(Br)ccc1N=Cc1cc(Cl)ccc1O. The molecule has 3 rings (SSSR count). The molecule has 5 heteroatoms. The van der Waals surface area contributed by atoms with Gasteiger partial charge in [0, 0.05) is 32.4 Å². The van der Waals surface area contributed by atoms with E-state index in [2.05, 4.69) is 20.9 Å².